The summed E-state index contributed by atoms with van der Waals surface area (Å²) in [7, 11) is 7.23. The Bertz CT molecular complexity index is 1020. The van der Waals surface area contributed by atoms with Crippen LogP contribution in [0.15, 0.2) is 24.3 Å². The van der Waals surface area contributed by atoms with Gasteiger partial charge >= 0.3 is 0 Å². The monoisotopic (exact) mass is 452 g/mol. The Morgan fingerprint density at radius 1 is 0.970 bits per heavy atom. The highest BCUT2D eigenvalue weighted by Crippen LogP contribution is 2.42. The van der Waals surface area contributed by atoms with Crippen molar-refractivity contribution in [3.8, 4) is 17.2 Å². The highest BCUT2D eigenvalue weighted by molar-refractivity contribution is 5.80. The summed E-state index contributed by atoms with van der Waals surface area (Å²) in [5, 5.41) is 0. The molecule has 1 unspecified atom stereocenters. The van der Waals surface area contributed by atoms with Crippen LogP contribution in [-0.2, 0) is 24.1 Å². The molecule has 178 valence electrons. The van der Waals surface area contributed by atoms with Crippen molar-refractivity contribution in [1.29, 1.82) is 0 Å². The maximum Gasteiger partial charge on any atom is 0.227 e. The molecule has 0 aromatic heterocycles. The molecule has 0 radical (unpaired) electrons. The topological polar surface area (TPSA) is 51.2 Å². The van der Waals surface area contributed by atoms with Crippen molar-refractivity contribution in [2.45, 2.75) is 38.5 Å². The minimum Gasteiger partial charge on any atom is -0.496 e. The molecule has 33 heavy (non-hydrogen) atoms. The first kappa shape index (κ1) is 23.4. The van der Waals surface area contributed by atoms with E-state index in [1.165, 1.54) is 16.7 Å². The predicted octanol–water partition coefficient (Wildman–Crippen LogP) is 3.61. The molecule has 0 fully saturated rings. The van der Waals surface area contributed by atoms with Gasteiger partial charge in [-0.1, -0.05) is 6.07 Å². The SMILES string of the molecule is COc1cc2c(cc1C)CCN(CCCN(C)CC1Cc3cc(OC)c(OC)cc31)C(=O)C2. The minimum atomic E-state index is 0.219. The lowest BCUT2D eigenvalue weighted by atomic mass is 9.77. The van der Waals surface area contributed by atoms with Gasteiger partial charge in [-0.3, -0.25) is 4.79 Å². The molecule has 6 heteroatoms. The fraction of sp³-hybridized carbons (Fsp3) is 0.519. The Morgan fingerprint density at radius 2 is 1.67 bits per heavy atom. The maximum absolute atomic E-state index is 12.9. The molecule has 1 amide bonds. The first-order chi connectivity index (χ1) is 15.9. The maximum atomic E-state index is 12.9. The highest BCUT2D eigenvalue weighted by Gasteiger charge is 2.29. The Morgan fingerprint density at radius 3 is 2.39 bits per heavy atom. The highest BCUT2D eigenvalue weighted by atomic mass is 16.5. The third kappa shape index (κ3) is 4.96. The fourth-order valence-electron chi connectivity index (χ4n) is 5.20. The van der Waals surface area contributed by atoms with Crippen LogP contribution in [0, 0.1) is 6.92 Å². The standard InChI is InChI=1S/C27H36N2O4/c1-18-11-19-7-10-29(27(30)15-20(19)13-24(18)31-3)9-6-8-28(2)17-22-12-21-14-25(32-4)26(33-5)16-23(21)22/h11,13-14,16,22H,6-10,12,15,17H2,1-5H3. The van der Waals surface area contributed by atoms with Crippen LogP contribution in [-0.4, -0.2) is 70.3 Å². The number of likely N-dealkylation sites (N-methyl/N-ethyl adjacent to an activating group) is 1. The van der Waals surface area contributed by atoms with E-state index >= 15 is 0 Å². The zero-order chi connectivity index (χ0) is 23.5. The number of ether oxygens (including phenoxy) is 3. The van der Waals surface area contributed by atoms with Gasteiger partial charge < -0.3 is 24.0 Å². The van der Waals surface area contributed by atoms with Crippen molar-refractivity contribution >= 4 is 5.91 Å². The van der Waals surface area contributed by atoms with E-state index in [9.17, 15) is 4.79 Å². The molecule has 2 aromatic carbocycles. The largest absolute Gasteiger partial charge is 0.496 e. The van der Waals surface area contributed by atoms with Crippen molar-refractivity contribution in [3.05, 3.63) is 52.1 Å². The second-order valence-corrected chi connectivity index (χ2v) is 9.32. The van der Waals surface area contributed by atoms with Crippen LogP contribution in [0.5, 0.6) is 17.2 Å². The smallest absolute Gasteiger partial charge is 0.227 e. The van der Waals surface area contributed by atoms with Crippen molar-refractivity contribution in [2.24, 2.45) is 0 Å². The van der Waals surface area contributed by atoms with E-state index < -0.39 is 0 Å². The molecule has 1 aliphatic carbocycles. The van der Waals surface area contributed by atoms with Crippen LogP contribution in [0.3, 0.4) is 0 Å². The van der Waals surface area contributed by atoms with Gasteiger partial charge in [0.05, 0.1) is 27.8 Å². The predicted molar refractivity (Wildman–Crippen MR) is 130 cm³/mol. The van der Waals surface area contributed by atoms with Gasteiger partial charge in [0.25, 0.3) is 0 Å². The number of hydrogen-bond acceptors (Lipinski definition) is 5. The summed E-state index contributed by atoms with van der Waals surface area (Å²) < 4.78 is 16.3. The number of fused-ring (bicyclic) bond motifs is 2. The zero-order valence-corrected chi connectivity index (χ0v) is 20.6. The van der Waals surface area contributed by atoms with Crippen LogP contribution in [0.2, 0.25) is 0 Å². The number of carbonyl (C=O) groups is 1. The van der Waals surface area contributed by atoms with E-state index in [0.717, 1.165) is 73.8 Å². The second-order valence-electron chi connectivity index (χ2n) is 9.32. The molecule has 2 aliphatic rings. The van der Waals surface area contributed by atoms with Gasteiger partial charge in [0.1, 0.15) is 5.75 Å². The lowest BCUT2D eigenvalue weighted by Gasteiger charge is -2.34. The van der Waals surface area contributed by atoms with Crippen molar-refractivity contribution in [2.75, 3.05) is 54.6 Å². The Kier molecular flexibility index (Phi) is 7.13. The number of amides is 1. The molecule has 0 spiro atoms. The summed E-state index contributed by atoms with van der Waals surface area (Å²) in [6.45, 7) is 5.65. The van der Waals surface area contributed by atoms with Gasteiger partial charge in [0.15, 0.2) is 11.5 Å². The van der Waals surface area contributed by atoms with Gasteiger partial charge in [0.2, 0.25) is 5.91 Å². The second kappa shape index (κ2) is 10.0. The van der Waals surface area contributed by atoms with E-state index in [1.54, 1.807) is 21.3 Å². The molecule has 2 aromatic rings. The Balaban J connectivity index is 1.27. The molecular weight excluding hydrogens is 416 g/mol. The quantitative estimate of drug-likeness (QED) is 0.582. The third-order valence-corrected chi connectivity index (χ3v) is 7.11. The number of benzene rings is 2. The molecule has 1 atom stereocenters. The molecular formula is C27H36N2O4. The molecule has 4 rings (SSSR count). The molecule has 1 heterocycles. The summed E-state index contributed by atoms with van der Waals surface area (Å²) in [5.41, 5.74) is 6.24. The van der Waals surface area contributed by atoms with Gasteiger partial charge in [-0.25, -0.2) is 0 Å². The van der Waals surface area contributed by atoms with E-state index in [0.29, 0.717) is 12.3 Å². The van der Waals surface area contributed by atoms with E-state index in [2.05, 4.69) is 37.1 Å². The number of rotatable bonds is 9. The average molecular weight is 453 g/mol. The first-order valence-corrected chi connectivity index (χ1v) is 11.8. The van der Waals surface area contributed by atoms with Gasteiger partial charge in [-0.05, 0) is 85.8 Å². The minimum absolute atomic E-state index is 0.219. The lowest BCUT2D eigenvalue weighted by Crippen LogP contribution is -2.36. The van der Waals surface area contributed by atoms with Crippen molar-refractivity contribution in [1.82, 2.24) is 9.80 Å². The molecule has 0 saturated heterocycles. The summed E-state index contributed by atoms with van der Waals surface area (Å²) in [5.74, 6) is 3.22. The number of carbonyl (C=O) groups excluding carboxylic acids is 1. The van der Waals surface area contributed by atoms with Crippen molar-refractivity contribution in [3.63, 3.8) is 0 Å². The summed E-state index contributed by atoms with van der Waals surface area (Å²) in [6, 6.07) is 8.45. The average Bonchev–Trinajstić information content (AvgIpc) is 2.94. The van der Waals surface area contributed by atoms with Crippen LogP contribution in [0.4, 0.5) is 0 Å². The number of methoxy groups -OCH3 is 3. The van der Waals surface area contributed by atoms with E-state index in [-0.39, 0.29) is 5.91 Å². The molecule has 0 saturated carbocycles. The molecule has 0 bridgehead atoms. The van der Waals surface area contributed by atoms with Gasteiger partial charge in [-0.2, -0.15) is 0 Å². The summed E-state index contributed by atoms with van der Waals surface area (Å²) in [4.78, 5) is 17.3. The first-order valence-electron chi connectivity index (χ1n) is 11.8. The van der Waals surface area contributed by atoms with Gasteiger partial charge in [0, 0.05) is 25.6 Å². The summed E-state index contributed by atoms with van der Waals surface area (Å²) >= 11 is 0. The van der Waals surface area contributed by atoms with Crippen LogP contribution < -0.4 is 14.2 Å². The number of aryl methyl sites for hydroxylation is 1. The fourth-order valence-corrected chi connectivity index (χ4v) is 5.20. The molecule has 0 N–H and O–H groups in total. The molecule has 6 nitrogen and oxygen atoms in total. The van der Waals surface area contributed by atoms with E-state index in [1.807, 2.05) is 11.0 Å². The van der Waals surface area contributed by atoms with Crippen LogP contribution >= 0.6 is 0 Å². The summed E-state index contributed by atoms with van der Waals surface area (Å²) in [6.07, 6.45) is 3.43. The zero-order valence-electron chi connectivity index (χ0n) is 20.6. The van der Waals surface area contributed by atoms with Crippen LogP contribution in [0.1, 0.15) is 40.2 Å². The Labute approximate surface area is 197 Å². The lowest BCUT2D eigenvalue weighted by molar-refractivity contribution is -0.130. The third-order valence-electron chi connectivity index (χ3n) is 7.11. The van der Waals surface area contributed by atoms with E-state index in [4.69, 9.17) is 14.2 Å². The normalized spacial score (nSPS) is 17.2. The number of nitrogens with zero attached hydrogens (tertiary/aromatic N) is 2. The Hall–Kier alpha value is -2.73. The van der Waals surface area contributed by atoms with Gasteiger partial charge in [-0.15, -0.1) is 0 Å². The molecule has 1 aliphatic heterocycles. The number of hydrogen-bond donors (Lipinski definition) is 0. The van der Waals surface area contributed by atoms with Crippen molar-refractivity contribution < 1.29 is 19.0 Å². The van der Waals surface area contributed by atoms with Crippen LogP contribution in [0.25, 0.3) is 0 Å².